The molecule has 0 radical (unpaired) electrons. The van der Waals surface area contributed by atoms with Crippen molar-refractivity contribution in [3.63, 3.8) is 0 Å². The van der Waals surface area contributed by atoms with Crippen molar-refractivity contribution in [2.75, 3.05) is 25.5 Å². The minimum absolute atomic E-state index is 0.623. The van der Waals surface area contributed by atoms with Gasteiger partial charge in [0.1, 0.15) is 0 Å². The summed E-state index contributed by atoms with van der Waals surface area (Å²) in [5.74, 6) is 3.27. The van der Waals surface area contributed by atoms with Gasteiger partial charge in [-0.05, 0) is 112 Å². The lowest BCUT2D eigenvalue weighted by atomic mass is 9.82. The summed E-state index contributed by atoms with van der Waals surface area (Å²) in [6, 6.07) is 15.2. The first-order valence-electron chi connectivity index (χ1n) is 18.0. The Hall–Kier alpha value is -2.79. The molecule has 1 N–H and O–H groups in total. The summed E-state index contributed by atoms with van der Waals surface area (Å²) in [5.41, 5.74) is 5.60. The summed E-state index contributed by atoms with van der Waals surface area (Å²) >= 11 is 0. The molecule has 2 fully saturated rings. The van der Waals surface area contributed by atoms with E-state index in [1.165, 1.54) is 127 Å². The van der Waals surface area contributed by atoms with E-state index < -0.39 is 0 Å². The topological polar surface area (TPSA) is 53.9 Å². The zero-order valence-corrected chi connectivity index (χ0v) is 27.7. The van der Waals surface area contributed by atoms with Crippen LogP contribution in [0.1, 0.15) is 127 Å². The Morgan fingerprint density at radius 2 is 1.50 bits per heavy atom. The Balaban J connectivity index is 1.04. The van der Waals surface area contributed by atoms with Crippen LogP contribution in [0.15, 0.2) is 54.9 Å². The second-order valence-electron chi connectivity index (χ2n) is 13.8. The average molecular weight is 596 g/mol. The van der Waals surface area contributed by atoms with E-state index in [-0.39, 0.29) is 0 Å². The van der Waals surface area contributed by atoms with Gasteiger partial charge in [-0.25, -0.2) is 9.97 Å². The monoisotopic (exact) mass is 595 g/mol. The molecular formula is C39H57N5. The average Bonchev–Trinajstić information content (AvgIpc) is 3.02. The van der Waals surface area contributed by atoms with Crippen LogP contribution in [0.5, 0.6) is 0 Å². The molecule has 1 saturated heterocycles. The molecular weight excluding hydrogens is 538 g/mol. The van der Waals surface area contributed by atoms with E-state index in [4.69, 9.17) is 9.97 Å². The quantitative estimate of drug-likeness (QED) is 0.211. The predicted octanol–water partition coefficient (Wildman–Crippen LogP) is 10.4. The molecule has 44 heavy (non-hydrogen) atoms. The summed E-state index contributed by atoms with van der Waals surface area (Å²) < 4.78 is 0. The molecule has 2 atom stereocenters. The molecule has 5 heteroatoms. The normalized spacial score (nSPS) is 20.8. The van der Waals surface area contributed by atoms with Gasteiger partial charge >= 0.3 is 0 Å². The molecule has 238 valence electrons. The summed E-state index contributed by atoms with van der Waals surface area (Å²) in [6.45, 7) is 4.80. The van der Waals surface area contributed by atoms with E-state index in [1.54, 1.807) is 0 Å². The number of likely N-dealkylation sites (tertiary alicyclic amines) is 1. The van der Waals surface area contributed by atoms with Gasteiger partial charge in [-0.2, -0.15) is 0 Å². The third kappa shape index (κ3) is 10.4. The van der Waals surface area contributed by atoms with Crippen molar-refractivity contribution in [3.05, 3.63) is 66.1 Å². The Morgan fingerprint density at radius 1 is 0.750 bits per heavy atom. The van der Waals surface area contributed by atoms with Gasteiger partial charge in [-0.1, -0.05) is 89.7 Å². The standard InChI is InChI=1S/C39H57N5/c1-3-31-12-8-9-14-32(19-18-31)13-6-4-5-7-17-36-23-22-35(30-41-36)38-26-27-40-39(43-38)42-37-24-20-34(21-25-37)33-15-10-28-44(2)29-11-16-33/h20-27,30-33H,3-19,28-29H2,1-2H3,(H,40,42,43). The summed E-state index contributed by atoms with van der Waals surface area (Å²) in [6.07, 6.45) is 26.9. The molecule has 2 aliphatic rings. The fourth-order valence-corrected chi connectivity index (χ4v) is 7.49. The summed E-state index contributed by atoms with van der Waals surface area (Å²) in [4.78, 5) is 16.5. The van der Waals surface area contributed by atoms with Gasteiger partial charge in [0, 0.05) is 29.3 Å². The number of nitrogens with zero attached hydrogens (tertiary/aromatic N) is 4. The number of rotatable bonds is 12. The minimum Gasteiger partial charge on any atom is -0.324 e. The van der Waals surface area contributed by atoms with Crippen molar-refractivity contribution >= 4 is 11.6 Å². The zero-order chi connectivity index (χ0) is 30.4. The van der Waals surface area contributed by atoms with E-state index in [0.717, 1.165) is 35.2 Å². The van der Waals surface area contributed by atoms with Crippen LogP contribution in [0.2, 0.25) is 0 Å². The molecule has 0 amide bonds. The molecule has 1 aliphatic heterocycles. The number of nitrogens with one attached hydrogen (secondary N) is 1. The lowest BCUT2D eigenvalue weighted by Gasteiger charge is -2.25. The van der Waals surface area contributed by atoms with Crippen LogP contribution in [-0.4, -0.2) is 40.0 Å². The van der Waals surface area contributed by atoms with Crippen molar-refractivity contribution in [2.45, 2.75) is 122 Å². The maximum atomic E-state index is 4.80. The number of aryl methyl sites for hydroxylation is 1. The van der Waals surface area contributed by atoms with Gasteiger partial charge in [0.25, 0.3) is 0 Å². The van der Waals surface area contributed by atoms with Crippen molar-refractivity contribution in [3.8, 4) is 11.3 Å². The second-order valence-corrected chi connectivity index (χ2v) is 13.8. The maximum absolute atomic E-state index is 4.80. The fourth-order valence-electron chi connectivity index (χ4n) is 7.49. The van der Waals surface area contributed by atoms with Crippen LogP contribution < -0.4 is 5.32 Å². The van der Waals surface area contributed by atoms with E-state index in [1.807, 2.05) is 18.5 Å². The Morgan fingerprint density at radius 3 is 2.25 bits per heavy atom. The lowest BCUT2D eigenvalue weighted by molar-refractivity contribution is 0.286. The van der Waals surface area contributed by atoms with Gasteiger partial charge in [-0.3, -0.25) is 4.98 Å². The second kappa shape index (κ2) is 17.6. The SMILES string of the molecule is CCC1CCCCC(CCCCCCc2ccc(-c3ccnc(Nc4ccc(C5CCCN(C)CCC5)cc4)n3)cn2)CC1. The van der Waals surface area contributed by atoms with Crippen LogP contribution in [0, 0.1) is 11.8 Å². The van der Waals surface area contributed by atoms with Crippen molar-refractivity contribution in [1.29, 1.82) is 0 Å². The molecule has 5 nitrogen and oxygen atoms in total. The summed E-state index contributed by atoms with van der Waals surface area (Å²) in [7, 11) is 2.24. The first-order chi connectivity index (χ1) is 21.7. The maximum Gasteiger partial charge on any atom is 0.227 e. The van der Waals surface area contributed by atoms with Gasteiger partial charge in [0.15, 0.2) is 0 Å². The molecule has 3 heterocycles. The molecule has 2 unspecified atom stereocenters. The van der Waals surface area contributed by atoms with Gasteiger partial charge < -0.3 is 10.2 Å². The molecule has 3 aromatic rings. The molecule has 1 saturated carbocycles. The summed E-state index contributed by atoms with van der Waals surface area (Å²) in [5, 5.41) is 3.41. The number of pyridine rings is 1. The number of anilines is 2. The van der Waals surface area contributed by atoms with Crippen LogP contribution >= 0.6 is 0 Å². The van der Waals surface area contributed by atoms with Crippen molar-refractivity contribution in [2.24, 2.45) is 11.8 Å². The smallest absolute Gasteiger partial charge is 0.227 e. The Labute approximate surface area is 267 Å². The number of unbranched alkanes of at least 4 members (excludes halogenated alkanes) is 3. The number of aromatic nitrogens is 3. The molecule has 0 spiro atoms. The minimum atomic E-state index is 0.623. The highest BCUT2D eigenvalue weighted by atomic mass is 15.1. The number of hydrogen-bond acceptors (Lipinski definition) is 5. The zero-order valence-electron chi connectivity index (χ0n) is 27.7. The Kier molecular flexibility index (Phi) is 13.1. The van der Waals surface area contributed by atoms with Crippen molar-refractivity contribution < 1.29 is 0 Å². The molecule has 2 aromatic heterocycles. The van der Waals surface area contributed by atoms with Gasteiger partial charge in [0.05, 0.1) is 5.69 Å². The molecule has 1 aromatic carbocycles. The first kappa shape index (κ1) is 32.6. The number of hydrogen-bond donors (Lipinski definition) is 1. The molecule has 0 bridgehead atoms. The van der Waals surface area contributed by atoms with E-state index in [0.29, 0.717) is 11.9 Å². The van der Waals surface area contributed by atoms with Crippen LogP contribution in [0.25, 0.3) is 11.3 Å². The van der Waals surface area contributed by atoms with Gasteiger partial charge in [0.2, 0.25) is 5.95 Å². The fraction of sp³-hybridized carbons (Fsp3) is 0.615. The third-order valence-electron chi connectivity index (χ3n) is 10.4. The number of benzene rings is 1. The highest BCUT2D eigenvalue weighted by molar-refractivity contribution is 5.61. The van der Waals surface area contributed by atoms with Crippen LogP contribution in [0.4, 0.5) is 11.6 Å². The highest BCUT2D eigenvalue weighted by Gasteiger charge is 2.17. The highest BCUT2D eigenvalue weighted by Crippen LogP contribution is 2.32. The first-order valence-corrected chi connectivity index (χ1v) is 18.0. The lowest BCUT2D eigenvalue weighted by Crippen LogP contribution is -2.24. The van der Waals surface area contributed by atoms with E-state index >= 15 is 0 Å². The van der Waals surface area contributed by atoms with Crippen LogP contribution in [-0.2, 0) is 6.42 Å². The molecule has 1 aliphatic carbocycles. The Bertz CT molecular complexity index is 1210. The third-order valence-corrected chi connectivity index (χ3v) is 10.4. The largest absolute Gasteiger partial charge is 0.324 e. The molecule has 5 rings (SSSR count). The van der Waals surface area contributed by atoms with Crippen molar-refractivity contribution in [1.82, 2.24) is 19.9 Å². The predicted molar refractivity (Wildman–Crippen MR) is 185 cm³/mol. The van der Waals surface area contributed by atoms with E-state index in [9.17, 15) is 0 Å². The van der Waals surface area contributed by atoms with Crippen LogP contribution in [0.3, 0.4) is 0 Å². The van der Waals surface area contributed by atoms with Gasteiger partial charge in [-0.15, -0.1) is 0 Å². The van der Waals surface area contributed by atoms with E-state index in [2.05, 4.69) is 65.6 Å².